The Morgan fingerprint density at radius 2 is 1.96 bits per heavy atom. The number of hydrogen-bond acceptors (Lipinski definition) is 6. The van der Waals surface area contributed by atoms with Crippen LogP contribution >= 0.6 is 11.3 Å². The van der Waals surface area contributed by atoms with Crippen LogP contribution in [0.5, 0.6) is 0 Å². The molecule has 3 aromatic rings. The van der Waals surface area contributed by atoms with E-state index in [-0.39, 0.29) is 11.2 Å². The van der Waals surface area contributed by atoms with Crippen molar-refractivity contribution in [2.24, 2.45) is 5.41 Å². The van der Waals surface area contributed by atoms with Crippen molar-refractivity contribution in [2.45, 2.75) is 12.8 Å². The zero-order chi connectivity index (χ0) is 17.5. The molecule has 5 nitrogen and oxygen atoms in total. The van der Waals surface area contributed by atoms with Crippen molar-refractivity contribution in [1.82, 2.24) is 9.97 Å². The van der Waals surface area contributed by atoms with Crippen LogP contribution in [0.1, 0.15) is 12.8 Å². The topological polar surface area (TPSA) is 72.0 Å². The summed E-state index contributed by atoms with van der Waals surface area (Å²) >= 11 is 1.64. The number of rotatable bonds is 6. The fourth-order valence-electron chi connectivity index (χ4n) is 3.12. The highest BCUT2D eigenvalue weighted by atomic mass is 32.2. The average molecular weight is 374 g/mol. The Morgan fingerprint density at radius 1 is 1.20 bits per heavy atom. The van der Waals surface area contributed by atoms with Crippen LogP contribution in [0.15, 0.2) is 42.7 Å². The van der Waals surface area contributed by atoms with Gasteiger partial charge in [-0.25, -0.2) is 18.4 Å². The van der Waals surface area contributed by atoms with Crippen LogP contribution in [0, 0.1) is 5.41 Å². The van der Waals surface area contributed by atoms with Crippen molar-refractivity contribution in [3.05, 3.63) is 42.7 Å². The summed E-state index contributed by atoms with van der Waals surface area (Å²) in [6, 6.07) is 12.3. The summed E-state index contributed by atoms with van der Waals surface area (Å²) in [5.41, 5.74) is 1.02. The molecule has 0 bridgehead atoms. The first kappa shape index (κ1) is 16.5. The lowest BCUT2D eigenvalue weighted by Crippen LogP contribution is -2.24. The predicted octanol–water partition coefficient (Wildman–Crippen LogP) is 3.60. The number of anilines is 1. The molecule has 2 heterocycles. The average Bonchev–Trinajstić information content (AvgIpc) is 3.17. The van der Waals surface area contributed by atoms with E-state index in [0.717, 1.165) is 39.3 Å². The van der Waals surface area contributed by atoms with Gasteiger partial charge in [0, 0.05) is 23.1 Å². The maximum Gasteiger partial charge on any atom is 0.148 e. The lowest BCUT2D eigenvalue weighted by molar-refractivity contribution is 0.560. The Labute approximate surface area is 151 Å². The lowest BCUT2D eigenvalue weighted by atomic mass is 10.1. The summed E-state index contributed by atoms with van der Waals surface area (Å²) in [6.45, 7) is 0.628. The molecule has 1 aliphatic rings. The standard InChI is InChI=1S/C18H19N3O2S2/c1-25(22,23)11-18(7-8-18)10-19-16-14-9-15(13-5-3-2-4-6-13)24-17(14)21-12-20-16/h2-6,9,12H,7-8,10-11H2,1H3,(H,19,20,21). The van der Waals surface area contributed by atoms with Crippen LogP contribution in [-0.4, -0.2) is 36.9 Å². The SMILES string of the molecule is CS(=O)(=O)CC1(CNc2ncnc3sc(-c4ccccc4)cc23)CC1. The Kier molecular flexibility index (Phi) is 4.00. The van der Waals surface area contributed by atoms with Gasteiger partial charge in [0.1, 0.15) is 26.8 Å². The Morgan fingerprint density at radius 3 is 2.64 bits per heavy atom. The van der Waals surface area contributed by atoms with E-state index in [4.69, 9.17) is 0 Å². The number of thiophene rings is 1. The Hall–Kier alpha value is -1.99. The Bertz CT molecular complexity index is 1010. The highest BCUT2D eigenvalue weighted by Gasteiger charge is 2.45. The van der Waals surface area contributed by atoms with E-state index in [1.54, 1.807) is 17.7 Å². The van der Waals surface area contributed by atoms with Gasteiger partial charge in [0.2, 0.25) is 0 Å². The number of nitrogens with zero attached hydrogens (tertiary/aromatic N) is 2. The zero-order valence-corrected chi connectivity index (χ0v) is 15.5. The Balaban J connectivity index is 1.59. The van der Waals surface area contributed by atoms with Gasteiger partial charge in [-0.2, -0.15) is 0 Å². The molecule has 0 amide bonds. The van der Waals surface area contributed by atoms with Crippen LogP contribution in [0.25, 0.3) is 20.7 Å². The molecule has 1 aromatic carbocycles. The lowest BCUT2D eigenvalue weighted by Gasteiger charge is -2.15. The monoisotopic (exact) mass is 373 g/mol. The van der Waals surface area contributed by atoms with Gasteiger partial charge >= 0.3 is 0 Å². The fourth-order valence-corrected chi connectivity index (χ4v) is 5.62. The van der Waals surface area contributed by atoms with Crippen molar-refractivity contribution in [3.8, 4) is 10.4 Å². The molecule has 1 saturated carbocycles. The summed E-state index contributed by atoms with van der Waals surface area (Å²) in [7, 11) is -2.97. The molecule has 7 heteroatoms. The normalized spacial score (nSPS) is 16.0. The summed E-state index contributed by atoms with van der Waals surface area (Å²) < 4.78 is 23.2. The van der Waals surface area contributed by atoms with Gasteiger partial charge in [-0.1, -0.05) is 30.3 Å². The maximum atomic E-state index is 11.6. The van der Waals surface area contributed by atoms with E-state index < -0.39 is 9.84 Å². The molecule has 25 heavy (non-hydrogen) atoms. The highest BCUT2D eigenvalue weighted by molar-refractivity contribution is 7.90. The number of benzene rings is 1. The van der Waals surface area contributed by atoms with Crippen molar-refractivity contribution >= 4 is 37.2 Å². The summed E-state index contributed by atoms with van der Waals surface area (Å²) in [4.78, 5) is 10.8. The van der Waals surface area contributed by atoms with E-state index >= 15 is 0 Å². The minimum Gasteiger partial charge on any atom is -0.369 e. The molecular formula is C18H19N3O2S2. The van der Waals surface area contributed by atoms with Gasteiger partial charge < -0.3 is 5.32 Å². The molecule has 0 aliphatic heterocycles. The molecule has 0 atom stereocenters. The third kappa shape index (κ3) is 3.67. The third-order valence-corrected chi connectivity index (χ3v) is 6.77. The molecule has 1 fully saturated rings. The number of fused-ring (bicyclic) bond motifs is 1. The summed E-state index contributed by atoms with van der Waals surface area (Å²) in [5, 5.41) is 4.36. The van der Waals surface area contributed by atoms with Crippen LogP contribution in [0.4, 0.5) is 5.82 Å². The van der Waals surface area contributed by atoms with Gasteiger partial charge in [-0.15, -0.1) is 11.3 Å². The van der Waals surface area contributed by atoms with E-state index in [9.17, 15) is 8.42 Å². The third-order valence-electron chi connectivity index (χ3n) is 4.54. The van der Waals surface area contributed by atoms with Gasteiger partial charge in [-0.05, 0) is 24.5 Å². The second-order valence-electron chi connectivity index (χ2n) is 6.84. The first-order valence-corrected chi connectivity index (χ1v) is 11.0. The summed E-state index contributed by atoms with van der Waals surface area (Å²) in [6.07, 6.45) is 4.76. The van der Waals surface area contributed by atoms with Gasteiger partial charge in [-0.3, -0.25) is 0 Å². The van der Waals surface area contributed by atoms with Crippen LogP contribution in [0.3, 0.4) is 0 Å². The minimum atomic E-state index is -2.97. The molecular weight excluding hydrogens is 354 g/mol. The molecule has 1 N–H and O–H groups in total. The first-order chi connectivity index (χ1) is 11.9. The van der Waals surface area contributed by atoms with Crippen molar-refractivity contribution in [2.75, 3.05) is 23.9 Å². The fraction of sp³-hybridized carbons (Fsp3) is 0.333. The molecule has 0 saturated heterocycles. The molecule has 4 rings (SSSR count). The predicted molar refractivity (Wildman–Crippen MR) is 103 cm³/mol. The second kappa shape index (κ2) is 6.07. The van der Waals surface area contributed by atoms with E-state index in [2.05, 4.69) is 33.5 Å². The highest BCUT2D eigenvalue weighted by Crippen LogP contribution is 2.47. The molecule has 0 radical (unpaired) electrons. The summed E-state index contributed by atoms with van der Waals surface area (Å²) in [5.74, 6) is 1.02. The smallest absolute Gasteiger partial charge is 0.148 e. The van der Waals surface area contributed by atoms with Crippen molar-refractivity contribution < 1.29 is 8.42 Å². The van der Waals surface area contributed by atoms with Crippen molar-refractivity contribution in [3.63, 3.8) is 0 Å². The minimum absolute atomic E-state index is 0.136. The zero-order valence-electron chi connectivity index (χ0n) is 13.9. The number of nitrogens with one attached hydrogen (secondary N) is 1. The van der Waals surface area contributed by atoms with E-state index in [0.29, 0.717) is 6.54 Å². The second-order valence-corrected chi connectivity index (χ2v) is 10.0. The van der Waals surface area contributed by atoms with Crippen LogP contribution in [0.2, 0.25) is 0 Å². The molecule has 2 aromatic heterocycles. The number of hydrogen-bond donors (Lipinski definition) is 1. The van der Waals surface area contributed by atoms with Crippen LogP contribution < -0.4 is 5.32 Å². The molecule has 0 unspecified atom stereocenters. The number of aromatic nitrogens is 2. The largest absolute Gasteiger partial charge is 0.369 e. The van der Waals surface area contributed by atoms with Crippen molar-refractivity contribution in [1.29, 1.82) is 0 Å². The van der Waals surface area contributed by atoms with E-state index in [1.165, 1.54) is 6.26 Å². The first-order valence-electron chi connectivity index (χ1n) is 8.16. The van der Waals surface area contributed by atoms with E-state index in [1.807, 2.05) is 18.2 Å². The van der Waals surface area contributed by atoms with Gasteiger partial charge in [0.05, 0.1) is 11.1 Å². The van der Waals surface area contributed by atoms with Crippen LogP contribution in [-0.2, 0) is 9.84 Å². The van der Waals surface area contributed by atoms with Gasteiger partial charge in [0.15, 0.2) is 0 Å². The quantitative estimate of drug-likeness (QED) is 0.715. The molecule has 130 valence electrons. The maximum absolute atomic E-state index is 11.6. The van der Waals surface area contributed by atoms with Gasteiger partial charge in [0.25, 0.3) is 0 Å². The molecule has 0 spiro atoms. The number of sulfone groups is 1. The molecule has 1 aliphatic carbocycles.